The number of piperidine rings is 1. The van der Waals surface area contributed by atoms with E-state index >= 15 is 0 Å². The van der Waals surface area contributed by atoms with Gasteiger partial charge in [0.2, 0.25) is 0 Å². The van der Waals surface area contributed by atoms with Crippen molar-refractivity contribution in [3.05, 3.63) is 35.3 Å². The van der Waals surface area contributed by atoms with Gasteiger partial charge in [0.15, 0.2) is 0 Å². The Balaban J connectivity index is 0.00000169. The fourth-order valence-corrected chi connectivity index (χ4v) is 3.70. The number of carbonyl (C=O) groups excluding carboxylic acids is 1. The summed E-state index contributed by atoms with van der Waals surface area (Å²) in [6.45, 7) is 5.70. The molecule has 3 rings (SSSR count). The molecule has 1 aliphatic heterocycles. The lowest BCUT2D eigenvalue weighted by atomic mass is 10.0. The van der Waals surface area contributed by atoms with Gasteiger partial charge in [0, 0.05) is 23.0 Å². The zero-order valence-electron chi connectivity index (χ0n) is 14.9. The number of amides is 1. The molecule has 1 amide bonds. The summed E-state index contributed by atoms with van der Waals surface area (Å²) in [7, 11) is 0. The first-order valence-electron chi connectivity index (χ1n) is 8.38. The van der Waals surface area contributed by atoms with Crippen molar-refractivity contribution in [3.63, 3.8) is 0 Å². The van der Waals surface area contributed by atoms with Crippen LogP contribution in [0, 0.1) is 0 Å². The molecule has 0 radical (unpaired) electrons. The summed E-state index contributed by atoms with van der Waals surface area (Å²) in [6, 6.07) is 8.47. The lowest BCUT2D eigenvalue weighted by molar-refractivity contribution is 0.0921. The number of nitrogens with zero attached hydrogens (tertiary/aromatic N) is 1. The number of benzene rings is 1. The van der Waals surface area contributed by atoms with E-state index in [1.165, 1.54) is 11.3 Å². The van der Waals surface area contributed by atoms with Gasteiger partial charge in [-0.15, -0.1) is 36.2 Å². The predicted octanol–water partition coefficient (Wildman–Crippen LogP) is 3.92. The number of thiazole rings is 1. The highest BCUT2D eigenvalue weighted by molar-refractivity contribution is 7.13. The van der Waals surface area contributed by atoms with Gasteiger partial charge in [-0.3, -0.25) is 4.79 Å². The number of rotatable bonds is 5. The monoisotopic (exact) mass is 417 g/mol. The largest absolute Gasteiger partial charge is 0.494 e. The SMILES string of the molecule is CCOc1ccc(-c2nc(C(=O)NC3CCNC(C)C3)cs2)cc1.Cl.Cl. The summed E-state index contributed by atoms with van der Waals surface area (Å²) in [5.41, 5.74) is 1.49. The maximum absolute atomic E-state index is 12.4. The van der Waals surface area contributed by atoms with E-state index in [9.17, 15) is 4.79 Å². The van der Waals surface area contributed by atoms with E-state index in [-0.39, 0.29) is 36.8 Å². The Kier molecular flexibility index (Phi) is 9.36. The molecule has 5 nitrogen and oxygen atoms in total. The van der Waals surface area contributed by atoms with Crippen molar-refractivity contribution in [2.45, 2.75) is 38.8 Å². The fourth-order valence-electron chi connectivity index (χ4n) is 2.89. The fraction of sp³-hybridized carbons (Fsp3) is 0.444. The third kappa shape index (κ3) is 5.84. The summed E-state index contributed by atoms with van der Waals surface area (Å²) in [4.78, 5) is 16.9. The average molecular weight is 418 g/mol. The molecule has 2 atom stereocenters. The Bertz CT molecular complexity index is 694. The summed E-state index contributed by atoms with van der Waals surface area (Å²) in [6.07, 6.45) is 1.92. The standard InChI is InChI=1S/C18H23N3O2S.2ClH/c1-3-23-15-6-4-13(5-7-15)18-21-16(11-24-18)17(22)20-14-8-9-19-12(2)10-14;;/h4-7,11-12,14,19H,3,8-10H2,1-2H3,(H,20,22);2*1H. The maximum atomic E-state index is 12.4. The first-order chi connectivity index (χ1) is 11.7. The normalized spacial score (nSPS) is 19.0. The molecule has 0 saturated carbocycles. The molecule has 2 aromatic rings. The van der Waals surface area contributed by atoms with E-state index in [4.69, 9.17) is 4.74 Å². The average Bonchev–Trinajstić information content (AvgIpc) is 3.06. The van der Waals surface area contributed by atoms with Gasteiger partial charge in [-0.05, 0) is 57.5 Å². The molecule has 1 aromatic heterocycles. The summed E-state index contributed by atoms with van der Waals surface area (Å²) in [5, 5.41) is 9.16. The van der Waals surface area contributed by atoms with Gasteiger partial charge >= 0.3 is 0 Å². The molecule has 2 heterocycles. The molecular formula is C18H25Cl2N3O2S. The molecule has 1 saturated heterocycles. The maximum Gasteiger partial charge on any atom is 0.270 e. The van der Waals surface area contributed by atoms with Crippen LogP contribution in [-0.2, 0) is 0 Å². The molecule has 1 fully saturated rings. The third-order valence-corrected chi connectivity index (χ3v) is 5.00. The molecular weight excluding hydrogens is 393 g/mol. The topological polar surface area (TPSA) is 63.2 Å². The molecule has 144 valence electrons. The predicted molar refractivity (Wildman–Crippen MR) is 111 cm³/mol. The van der Waals surface area contributed by atoms with Crippen LogP contribution < -0.4 is 15.4 Å². The number of ether oxygens (including phenoxy) is 1. The quantitative estimate of drug-likeness (QED) is 0.773. The first-order valence-corrected chi connectivity index (χ1v) is 9.26. The van der Waals surface area contributed by atoms with Gasteiger partial charge in [0.1, 0.15) is 16.5 Å². The number of hydrogen-bond donors (Lipinski definition) is 2. The van der Waals surface area contributed by atoms with Crippen molar-refractivity contribution in [1.82, 2.24) is 15.6 Å². The highest BCUT2D eigenvalue weighted by atomic mass is 35.5. The minimum Gasteiger partial charge on any atom is -0.494 e. The Morgan fingerprint density at radius 3 is 2.73 bits per heavy atom. The van der Waals surface area contributed by atoms with Gasteiger partial charge in [-0.1, -0.05) is 0 Å². The lowest BCUT2D eigenvalue weighted by Crippen LogP contribution is -2.46. The molecule has 1 aliphatic rings. The molecule has 2 unspecified atom stereocenters. The molecule has 0 bridgehead atoms. The van der Waals surface area contributed by atoms with Crippen LogP contribution in [0.25, 0.3) is 10.6 Å². The summed E-state index contributed by atoms with van der Waals surface area (Å²) < 4.78 is 5.45. The van der Waals surface area contributed by atoms with Gasteiger partial charge < -0.3 is 15.4 Å². The van der Waals surface area contributed by atoms with E-state index in [2.05, 4.69) is 22.5 Å². The number of carbonyl (C=O) groups is 1. The summed E-state index contributed by atoms with van der Waals surface area (Å²) >= 11 is 1.49. The lowest BCUT2D eigenvalue weighted by Gasteiger charge is -2.28. The van der Waals surface area contributed by atoms with Crippen LogP contribution in [-0.4, -0.2) is 36.1 Å². The molecule has 2 N–H and O–H groups in total. The number of aromatic nitrogens is 1. The smallest absolute Gasteiger partial charge is 0.270 e. The van der Waals surface area contributed by atoms with Gasteiger partial charge in [0.05, 0.1) is 6.61 Å². The second-order valence-corrected chi connectivity index (χ2v) is 6.90. The van der Waals surface area contributed by atoms with Crippen LogP contribution in [0.2, 0.25) is 0 Å². The Hall–Kier alpha value is -1.34. The van der Waals surface area contributed by atoms with Gasteiger partial charge in [-0.2, -0.15) is 0 Å². The van der Waals surface area contributed by atoms with Gasteiger partial charge in [-0.25, -0.2) is 4.98 Å². The molecule has 26 heavy (non-hydrogen) atoms. The van der Waals surface area contributed by atoms with E-state index in [0.29, 0.717) is 18.3 Å². The van der Waals surface area contributed by atoms with Gasteiger partial charge in [0.25, 0.3) is 5.91 Å². The van der Waals surface area contributed by atoms with Crippen LogP contribution in [0.4, 0.5) is 0 Å². The van der Waals surface area contributed by atoms with Crippen molar-refractivity contribution in [3.8, 4) is 16.3 Å². The van der Waals surface area contributed by atoms with Crippen molar-refractivity contribution in [2.24, 2.45) is 0 Å². The third-order valence-electron chi connectivity index (χ3n) is 4.11. The zero-order valence-corrected chi connectivity index (χ0v) is 17.3. The highest BCUT2D eigenvalue weighted by Crippen LogP contribution is 2.26. The van der Waals surface area contributed by atoms with Crippen LogP contribution in [0.3, 0.4) is 0 Å². The number of hydrogen-bond acceptors (Lipinski definition) is 5. The van der Waals surface area contributed by atoms with Crippen molar-refractivity contribution in [2.75, 3.05) is 13.2 Å². The van der Waals surface area contributed by atoms with Crippen molar-refractivity contribution >= 4 is 42.1 Å². The molecule has 8 heteroatoms. The molecule has 0 spiro atoms. The Morgan fingerprint density at radius 2 is 2.08 bits per heavy atom. The number of nitrogens with one attached hydrogen (secondary N) is 2. The van der Waals surface area contributed by atoms with E-state index in [1.807, 2.05) is 36.6 Å². The summed E-state index contributed by atoms with van der Waals surface area (Å²) in [5.74, 6) is 0.762. The second kappa shape index (κ2) is 10.7. The highest BCUT2D eigenvalue weighted by Gasteiger charge is 2.21. The van der Waals surface area contributed by atoms with E-state index < -0.39 is 0 Å². The van der Waals surface area contributed by atoms with Crippen LogP contribution in [0.5, 0.6) is 5.75 Å². The van der Waals surface area contributed by atoms with Crippen LogP contribution in [0.1, 0.15) is 37.2 Å². The molecule has 0 aliphatic carbocycles. The minimum absolute atomic E-state index is 0. The van der Waals surface area contributed by atoms with Crippen LogP contribution >= 0.6 is 36.2 Å². The first kappa shape index (κ1) is 22.7. The minimum atomic E-state index is -0.0810. The van der Waals surface area contributed by atoms with Crippen LogP contribution in [0.15, 0.2) is 29.6 Å². The van der Waals surface area contributed by atoms with Crippen molar-refractivity contribution in [1.29, 1.82) is 0 Å². The van der Waals surface area contributed by atoms with Crippen molar-refractivity contribution < 1.29 is 9.53 Å². The zero-order chi connectivity index (χ0) is 16.9. The van der Waals surface area contributed by atoms with E-state index in [0.717, 1.165) is 35.7 Å². The Morgan fingerprint density at radius 1 is 1.35 bits per heavy atom. The molecule has 1 aromatic carbocycles. The van der Waals surface area contributed by atoms with E-state index in [1.54, 1.807) is 0 Å². The Labute approximate surface area is 170 Å². The number of halogens is 2. The second-order valence-electron chi connectivity index (χ2n) is 6.05.